The molecule has 4 aromatic rings. The lowest BCUT2D eigenvalue weighted by atomic mass is 9.97. The molecule has 18 heteroatoms. The molecule has 6 rings (SSSR count). The monoisotopic (exact) mass is 914 g/mol. The van der Waals surface area contributed by atoms with Crippen LogP contribution in [0.25, 0.3) is 33.6 Å². The fraction of sp³-hybridized carbons (Fsp3) is 0.542. The van der Waals surface area contributed by atoms with Crippen molar-refractivity contribution in [3.63, 3.8) is 0 Å². The van der Waals surface area contributed by atoms with E-state index >= 15 is 0 Å². The second-order valence-electron chi connectivity index (χ2n) is 16.8. The minimum absolute atomic E-state index is 0.0974. The van der Waals surface area contributed by atoms with Crippen LogP contribution in [0, 0.1) is 11.8 Å². The second-order valence-corrected chi connectivity index (χ2v) is 16.8. The van der Waals surface area contributed by atoms with Gasteiger partial charge in [-0.15, -0.1) is 0 Å². The molecule has 2 aliphatic heterocycles. The molecule has 2 aromatic heterocycles. The van der Waals surface area contributed by atoms with E-state index in [0.29, 0.717) is 75.5 Å². The largest absolute Gasteiger partial charge is 0.491 e. The number of H-pyrrole nitrogens is 2. The quantitative estimate of drug-likeness (QED) is 0.0620. The first-order valence-electron chi connectivity index (χ1n) is 22.9. The van der Waals surface area contributed by atoms with Gasteiger partial charge in [-0.3, -0.25) is 9.59 Å². The number of aromatic amines is 2. The third-order valence-electron chi connectivity index (χ3n) is 12.7. The molecule has 2 saturated heterocycles. The normalized spacial score (nSPS) is 17.8. The number of rotatable bonds is 21. The average Bonchev–Trinajstić information content (AvgIpc) is 4.19. The van der Waals surface area contributed by atoms with Gasteiger partial charge in [0.2, 0.25) is 11.8 Å². The highest BCUT2D eigenvalue weighted by Gasteiger charge is 2.39. The summed E-state index contributed by atoms with van der Waals surface area (Å²) >= 11 is 0. The SMILES string of the molecule is CC[C@H](C)C(NC(=O)OC)C(=O)N1CCC[C@H]1c1ncc(-c2ccc(-c3ccc(-c4cnc([C@@H]5CCCN5C(=O)C(NC(=O)OC)[C@@H](C)CC)[nH]4)cc3OCCOC)c(OCCOC)c2)[nH]1. The van der Waals surface area contributed by atoms with Crippen LogP contribution >= 0.6 is 0 Å². The van der Waals surface area contributed by atoms with Crippen LogP contribution in [-0.2, 0) is 28.5 Å². The molecule has 2 fully saturated rings. The van der Waals surface area contributed by atoms with Gasteiger partial charge in [0.1, 0.15) is 48.4 Å². The molecule has 6 atom stereocenters. The Morgan fingerprint density at radius 3 is 1.42 bits per heavy atom. The number of carbonyl (C=O) groups excluding carboxylic acids is 4. The Kier molecular flexibility index (Phi) is 17.4. The molecule has 66 heavy (non-hydrogen) atoms. The van der Waals surface area contributed by atoms with Gasteiger partial charge in [-0.1, -0.05) is 52.7 Å². The Balaban J connectivity index is 1.28. The number of carbonyl (C=O) groups is 4. The number of ether oxygens (including phenoxy) is 6. The molecule has 0 bridgehead atoms. The predicted octanol–water partition coefficient (Wildman–Crippen LogP) is 7.05. The van der Waals surface area contributed by atoms with Crippen LogP contribution in [0.1, 0.15) is 90.0 Å². The van der Waals surface area contributed by atoms with Crippen LogP contribution in [0.4, 0.5) is 9.59 Å². The van der Waals surface area contributed by atoms with Gasteiger partial charge in [0, 0.05) is 49.6 Å². The van der Waals surface area contributed by atoms with Crippen LogP contribution < -0.4 is 20.1 Å². The van der Waals surface area contributed by atoms with Gasteiger partial charge in [-0.25, -0.2) is 19.6 Å². The van der Waals surface area contributed by atoms with Gasteiger partial charge in [-0.2, -0.15) is 0 Å². The summed E-state index contributed by atoms with van der Waals surface area (Å²) in [4.78, 5) is 72.3. The number of methoxy groups -OCH3 is 4. The van der Waals surface area contributed by atoms with E-state index in [9.17, 15) is 19.2 Å². The number of alkyl carbamates (subject to hydrolysis) is 2. The maximum absolute atomic E-state index is 13.9. The molecule has 358 valence electrons. The Labute approximate surface area is 386 Å². The Bertz CT molecular complexity index is 2110. The summed E-state index contributed by atoms with van der Waals surface area (Å²) < 4.78 is 33.1. The molecule has 0 saturated carbocycles. The molecule has 2 aromatic carbocycles. The third kappa shape index (κ3) is 11.4. The van der Waals surface area contributed by atoms with Crippen LogP contribution in [0.2, 0.25) is 0 Å². The highest BCUT2D eigenvalue weighted by atomic mass is 16.5. The molecule has 18 nitrogen and oxygen atoms in total. The molecule has 0 spiro atoms. The molecule has 0 radical (unpaired) electrons. The molecule has 2 unspecified atom stereocenters. The van der Waals surface area contributed by atoms with Crippen molar-refractivity contribution in [3.8, 4) is 45.1 Å². The van der Waals surface area contributed by atoms with Crippen molar-refractivity contribution < 1.29 is 47.6 Å². The summed E-state index contributed by atoms with van der Waals surface area (Å²) in [6.45, 7) is 10.3. The zero-order valence-electron chi connectivity index (χ0n) is 39.4. The number of nitrogens with one attached hydrogen (secondary N) is 4. The van der Waals surface area contributed by atoms with Gasteiger partial charge in [0.25, 0.3) is 0 Å². The van der Waals surface area contributed by atoms with Gasteiger partial charge in [-0.05, 0) is 61.8 Å². The van der Waals surface area contributed by atoms with Gasteiger partial charge in [0.15, 0.2) is 0 Å². The van der Waals surface area contributed by atoms with E-state index in [1.165, 1.54) is 14.2 Å². The lowest BCUT2D eigenvalue weighted by Crippen LogP contribution is -2.51. The van der Waals surface area contributed by atoms with E-state index in [0.717, 1.165) is 59.3 Å². The smallest absolute Gasteiger partial charge is 0.407 e. The molecule has 0 aliphatic carbocycles. The summed E-state index contributed by atoms with van der Waals surface area (Å²) in [5, 5.41) is 5.50. The first-order valence-corrected chi connectivity index (χ1v) is 22.9. The minimum Gasteiger partial charge on any atom is -0.491 e. The van der Waals surface area contributed by atoms with Crippen molar-refractivity contribution >= 4 is 24.0 Å². The standard InChI is InChI=1S/C48H66N8O10/c1-9-29(3)41(53-47(59)63-7)45(57)55-19-11-13-37(55)43-49-27-35(51-43)31-15-17-33(39(25-31)65-23-21-61-5)34-18-16-32(26-40(34)66-24-22-62-6)36-28-50-44(52-36)38-14-12-20-56(38)46(58)42(30(4)10-2)54-48(60)64-8/h15-18,25-30,37-38,41-42H,9-14,19-24H2,1-8H3,(H,49,51)(H,50,52)(H,53,59)(H,54,60)/t29-,30-,37-,38-,41?,42?/m0/s1. The van der Waals surface area contributed by atoms with E-state index in [-0.39, 0.29) is 35.7 Å². The van der Waals surface area contributed by atoms with Gasteiger partial charge in [0.05, 0.1) is 63.3 Å². The Morgan fingerprint density at radius 2 is 1.06 bits per heavy atom. The van der Waals surface area contributed by atoms with Gasteiger partial charge < -0.3 is 58.8 Å². The van der Waals surface area contributed by atoms with E-state index in [1.54, 1.807) is 36.4 Å². The molecular weight excluding hydrogens is 849 g/mol. The average molecular weight is 915 g/mol. The van der Waals surface area contributed by atoms with Crippen LogP contribution in [0.3, 0.4) is 0 Å². The highest BCUT2D eigenvalue weighted by molar-refractivity contribution is 5.87. The first-order chi connectivity index (χ1) is 32.0. The number of likely N-dealkylation sites (tertiary alicyclic amines) is 2. The molecule has 4 heterocycles. The lowest BCUT2D eigenvalue weighted by Gasteiger charge is -2.30. The molecule has 4 N–H and O–H groups in total. The van der Waals surface area contributed by atoms with Crippen molar-refractivity contribution in [2.24, 2.45) is 11.8 Å². The van der Waals surface area contributed by atoms with E-state index in [4.69, 9.17) is 38.4 Å². The number of amides is 4. The number of aromatic nitrogens is 4. The molecule has 2 aliphatic rings. The maximum Gasteiger partial charge on any atom is 0.407 e. The van der Waals surface area contributed by atoms with Crippen LogP contribution in [-0.4, -0.2) is 134 Å². The summed E-state index contributed by atoms with van der Waals surface area (Å²) in [6, 6.07) is 9.82. The number of nitrogens with zero attached hydrogens (tertiary/aromatic N) is 4. The molecular formula is C48H66N8O10. The van der Waals surface area contributed by atoms with E-state index in [1.807, 2.05) is 64.1 Å². The predicted molar refractivity (Wildman–Crippen MR) is 247 cm³/mol. The summed E-state index contributed by atoms with van der Waals surface area (Å²) in [5.41, 5.74) is 4.72. The summed E-state index contributed by atoms with van der Waals surface area (Å²) in [7, 11) is 5.82. The zero-order chi connectivity index (χ0) is 47.3. The van der Waals surface area contributed by atoms with Crippen molar-refractivity contribution in [1.29, 1.82) is 0 Å². The van der Waals surface area contributed by atoms with E-state index in [2.05, 4.69) is 20.6 Å². The third-order valence-corrected chi connectivity index (χ3v) is 12.7. The van der Waals surface area contributed by atoms with Crippen molar-refractivity contribution in [1.82, 2.24) is 40.4 Å². The zero-order valence-corrected chi connectivity index (χ0v) is 39.4. The number of hydrogen-bond donors (Lipinski definition) is 4. The first kappa shape index (κ1) is 49.3. The number of hydrogen-bond acceptors (Lipinski definition) is 12. The summed E-state index contributed by atoms with van der Waals surface area (Å²) in [5.74, 6) is 1.99. The van der Waals surface area contributed by atoms with Crippen molar-refractivity contribution in [3.05, 3.63) is 60.4 Å². The van der Waals surface area contributed by atoms with Crippen LogP contribution in [0.15, 0.2) is 48.8 Å². The van der Waals surface area contributed by atoms with Crippen molar-refractivity contribution in [2.75, 3.05) is 68.0 Å². The number of imidazole rings is 2. The van der Waals surface area contributed by atoms with Crippen LogP contribution in [0.5, 0.6) is 11.5 Å². The van der Waals surface area contributed by atoms with E-state index < -0.39 is 24.3 Å². The topological polar surface area (TPSA) is 212 Å². The van der Waals surface area contributed by atoms with Crippen molar-refractivity contribution in [2.45, 2.75) is 90.4 Å². The second kappa shape index (κ2) is 23.4. The van der Waals surface area contributed by atoms with Gasteiger partial charge >= 0.3 is 12.2 Å². The highest BCUT2D eigenvalue weighted by Crippen LogP contribution is 2.42. The lowest BCUT2D eigenvalue weighted by molar-refractivity contribution is -0.136. The summed E-state index contributed by atoms with van der Waals surface area (Å²) in [6.07, 6.45) is 6.71. The number of benzene rings is 2. The Morgan fingerprint density at radius 1 is 0.652 bits per heavy atom. The molecule has 4 amide bonds. The Hall–Kier alpha value is -6.14. The maximum atomic E-state index is 13.9. The minimum atomic E-state index is -0.724. The fourth-order valence-corrected chi connectivity index (χ4v) is 8.56. The fourth-order valence-electron chi connectivity index (χ4n) is 8.56.